The van der Waals surface area contributed by atoms with E-state index in [0.717, 1.165) is 27.9 Å². The Kier molecular flexibility index (Phi) is 6.19. The molecule has 2 aromatic rings. The average Bonchev–Trinajstić information content (AvgIpc) is 3.05. The van der Waals surface area contributed by atoms with Crippen LogP contribution in [-0.2, 0) is 16.2 Å². The Morgan fingerprint density at radius 3 is 2.59 bits per heavy atom. The first-order chi connectivity index (χ1) is 12.7. The van der Waals surface area contributed by atoms with E-state index in [4.69, 9.17) is 0 Å². The van der Waals surface area contributed by atoms with Gasteiger partial charge < -0.3 is 0 Å². The third-order valence-electron chi connectivity index (χ3n) is 4.41. The number of thioether (sulfide) groups is 1. The van der Waals surface area contributed by atoms with Crippen LogP contribution in [0.15, 0.2) is 38.9 Å². The summed E-state index contributed by atoms with van der Waals surface area (Å²) in [5.41, 5.74) is 0.0399. The van der Waals surface area contributed by atoms with Gasteiger partial charge in [-0.05, 0) is 43.9 Å². The summed E-state index contributed by atoms with van der Waals surface area (Å²) >= 11 is 3.27. The first kappa shape index (κ1) is 20.6. The number of hydrogen-bond acceptors (Lipinski definition) is 5. The summed E-state index contributed by atoms with van der Waals surface area (Å²) in [4.78, 5) is 4.10. The molecule has 1 saturated heterocycles. The Balaban J connectivity index is 1.61. The second-order valence-electron chi connectivity index (χ2n) is 6.44. The molecule has 4 nitrogen and oxygen atoms in total. The van der Waals surface area contributed by atoms with E-state index in [0.29, 0.717) is 37.9 Å². The number of benzene rings is 1. The van der Waals surface area contributed by atoms with E-state index in [9.17, 15) is 21.6 Å². The van der Waals surface area contributed by atoms with Crippen LogP contribution in [0, 0.1) is 12.8 Å². The minimum atomic E-state index is -4.57. The smallest absolute Gasteiger partial charge is 0.235 e. The number of halogens is 3. The normalized spacial score (nSPS) is 17.3. The van der Waals surface area contributed by atoms with Gasteiger partial charge in [0.1, 0.15) is 4.34 Å². The molecular weight excluding hydrogens is 417 g/mol. The van der Waals surface area contributed by atoms with E-state index < -0.39 is 21.8 Å². The summed E-state index contributed by atoms with van der Waals surface area (Å²) in [5.74, 6) is 1.23. The van der Waals surface area contributed by atoms with Crippen LogP contribution >= 0.6 is 23.1 Å². The Morgan fingerprint density at radius 2 is 2.00 bits per heavy atom. The highest BCUT2D eigenvalue weighted by Crippen LogP contribution is 2.33. The molecule has 0 radical (unpaired) electrons. The average molecular weight is 437 g/mol. The number of piperidine rings is 1. The van der Waals surface area contributed by atoms with Crippen molar-refractivity contribution in [1.82, 2.24) is 9.29 Å². The van der Waals surface area contributed by atoms with Gasteiger partial charge in [0.2, 0.25) is 10.0 Å². The molecule has 1 aliphatic rings. The number of nitrogens with zero attached hydrogens (tertiary/aromatic N) is 2. The number of thiazole rings is 1. The van der Waals surface area contributed by atoms with Crippen LogP contribution in [0.3, 0.4) is 0 Å². The van der Waals surface area contributed by atoms with Gasteiger partial charge in [-0.2, -0.15) is 17.5 Å². The van der Waals surface area contributed by atoms with Crippen molar-refractivity contribution in [3.05, 3.63) is 40.9 Å². The summed E-state index contributed by atoms with van der Waals surface area (Å²) in [6, 6.07) is 3.94. The van der Waals surface area contributed by atoms with E-state index in [-0.39, 0.29) is 4.90 Å². The van der Waals surface area contributed by atoms with E-state index in [1.54, 1.807) is 23.1 Å². The van der Waals surface area contributed by atoms with E-state index >= 15 is 0 Å². The van der Waals surface area contributed by atoms with Gasteiger partial charge in [0.05, 0.1) is 10.5 Å². The van der Waals surface area contributed by atoms with Gasteiger partial charge in [0.25, 0.3) is 0 Å². The van der Waals surface area contributed by atoms with Crippen LogP contribution in [0.2, 0.25) is 0 Å². The number of rotatable bonds is 5. The molecule has 0 saturated carbocycles. The van der Waals surface area contributed by atoms with Gasteiger partial charge in [-0.1, -0.05) is 17.8 Å². The molecule has 0 bridgehead atoms. The van der Waals surface area contributed by atoms with Crippen molar-refractivity contribution >= 4 is 33.1 Å². The van der Waals surface area contributed by atoms with Crippen LogP contribution in [0.4, 0.5) is 13.2 Å². The third kappa shape index (κ3) is 5.04. The molecule has 2 heterocycles. The zero-order valence-electron chi connectivity index (χ0n) is 14.6. The summed E-state index contributed by atoms with van der Waals surface area (Å²) in [5, 5.41) is 1.99. The topological polar surface area (TPSA) is 50.3 Å². The molecule has 10 heteroatoms. The fourth-order valence-corrected chi connectivity index (χ4v) is 6.46. The van der Waals surface area contributed by atoms with Crippen LogP contribution in [-0.4, -0.2) is 36.5 Å². The quantitative estimate of drug-likeness (QED) is 0.640. The molecule has 0 spiro atoms. The molecule has 0 aliphatic carbocycles. The molecule has 3 rings (SSSR count). The number of alkyl halides is 3. The van der Waals surface area contributed by atoms with Crippen molar-refractivity contribution < 1.29 is 21.6 Å². The first-order valence-corrected chi connectivity index (χ1v) is 11.7. The number of sulfonamides is 1. The van der Waals surface area contributed by atoms with Crippen molar-refractivity contribution in [2.45, 2.75) is 35.2 Å². The van der Waals surface area contributed by atoms with E-state index in [1.807, 2.05) is 12.3 Å². The zero-order chi connectivity index (χ0) is 19.7. The molecule has 1 aliphatic heterocycles. The van der Waals surface area contributed by atoms with Gasteiger partial charge in [-0.25, -0.2) is 13.4 Å². The van der Waals surface area contributed by atoms with E-state index in [1.165, 1.54) is 10.4 Å². The Hall–Kier alpha value is -1.10. The molecular formula is C17H19F3N2O2S3. The molecule has 1 aromatic carbocycles. The largest absolute Gasteiger partial charge is 0.416 e. The van der Waals surface area contributed by atoms with Gasteiger partial charge in [0, 0.05) is 29.9 Å². The second kappa shape index (κ2) is 8.10. The van der Waals surface area contributed by atoms with Crippen LogP contribution < -0.4 is 0 Å². The summed E-state index contributed by atoms with van der Waals surface area (Å²) < 4.78 is 66.3. The monoisotopic (exact) mass is 436 g/mol. The fraction of sp³-hybridized carbons (Fsp3) is 0.471. The van der Waals surface area contributed by atoms with Crippen LogP contribution in [0.25, 0.3) is 0 Å². The maximum absolute atomic E-state index is 12.9. The van der Waals surface area contributed by atoms with Crippen molar-refractivity contribution in [3.8, 4) is 0 Å². The lowest BCUT2D eigenvalue weighted by atomic mass is 10.0. The van der Waals surface area contributed by atoms with Gasteiger partial charge in [-0.3, -0.25) is 0 Å². The summed E-state index contributed by atoms with van der Waals surface area (Å²) in [6.07, 6.45) is -3.19. The highest BCUT2D eigenvalue weighted by atomic mass is 32.2. The van der Waals surface area contributed by atoms with Crippen LogP contribution in [0.5, 0.6) is 0 Å². The van der Waals surface area contributed by atoms with Crippen molar-refractivity contribution in [1.29, 1.82) is 0 Å². The minimum Gasteiger partial charge on any atom is -0.235 e. The predicted octanol–water partition coefficient (Wildman–Crippen LogP) is 4.66. The molecule has 0 N–H and O–H groups in total. The lowest BCUT2D eigenvalue weighted by Crippen LogP contribution is -2.39. The lowest BCUT2D eigenvalue weighted by Gasteiger charge is -2.31. The summed E-state index contributed by atoms with van der Waals surface area (Å²) in [7, 11) is -3.92. The fourth-order valence-electron chi connectivity index (χ4n) is 2.89. The van der Waals surface area contributed by atoms with Crippen molar-refractivity contribution in [3.63, 3.8) is 0 Å². The molecule has 0 unspecified atom stereocenters. The van der Waals surface area contributed by atoms with Crippen LogP contribution in [0.1, 0.15) is 24.1 Å². The third-order valence-corrected chi connectivity index (χ3v) is 8.68. The number of aromatic nitrogens is 1. The Bertz CT molecular complexity index is 889. The zero-order valence-corrected chi connectivity index (χ0v) is 17.0. The highest BCUT2D eigenvalue weighted by molar-refractivity contribution is 8.01. The van der Waals surface area contributed by atoms with Gasteiger partial charge in [-0.15, -0.1) is 11.3 Å². The Labute approximate surface area is 164 Å². The minimum absolute atomic E-state index is 0.302. The molecule has 27 heavy (non-hydrogen) atoms. The van der Waals surface area contributed by atoms with E-state index in [2.05, 4.69) is 4.98 Å². The van der Waals surface area contributed by atoms with Gasteiger partial charge in [0.15, 0.2) is 0 Å². The predicted molar refractivity (Wildman–Crippen MR) is 101 cm³/mol. The molecule has 1 aromatic heterocycles. The maximum Gasteiger partial charge on any atom is 0.416 e. The maximum atomic E-state index is 12.9. The number of aryl methyl sites for hydroxylation is 1. The van der Waals surface area contributed by atoms with Crippen molar-refractivity contribution in [2.24, 2.45) is 5.92 Å². The first-order valence-electron chi connectivity index (χ1n) is 8.38. The number of hydrogen-bond donors (Lipinski definition) is 0. The molecule has 0 amide bonds. The lowest BCUT2D eigenvalue weighted by molar-refractivity contribution is -0.137. The molecule has 0 atom stereocenters. The highest BCUT2D eigenvalue weighted by Gasteiger charge is 2.34. The SMILES string of the molecule is Cc1csc(SCC2CCN(S(=O)(=O)c3cccc(C(F)(F)F)c3)CC2)n1. The molecule has 1 fully saturated rings. The van der Waals surface area contributed by atoms with Gasteiger partial charge >= 0.3 is 6.18 Å². The standard InChI is InChI=1S/C17H19F3N2O2S3/c1-12-10-25-16(21-12)26-11-13-5-7-22(8-6-13)27(23,24)15-4-2-3-14(9-15)17(18,19)20/h2-4,9-10,13H,5-8,11H2,1H3. The second-order valence-corrected chi connectivity index (χ2v) is 10.5. The Morgan fingerprint density at radius 1 is 1.30 bits per heavy atom. The van der Waals surface area contributed by atoms with Crippen molar-refractivity contribution in [2.75, 3.05) is 18.8 Å². The summed E-state index contributed by atoms with van der Waals surface area (Å²) in [6.45, 7) is 2.58. The molecule has 148 valence electrons.